The Balaban J connectivity index is 0.000000108. The molecule has 16 heteroatoms. The first-order valence-electron chi connectivity index (χ1n) is 30.4. The maximum atomic E-state index is 6.00. The average molecular weight is 1160 g/mol. The van der Waals surface area contributed by atoms with Gasteiger partial charge in [0.25, 0.3) is 23.3 Å². The predicted molar refractivity (Wildman–Crippen MR) is 365 cm³/mol. The Bertz CT molecular complexity index is 4780. The normalized spacial score (nSPS) is 13.8. The first-order chi connectivity index (χ1) is 42.6. The molecule has 0 aliphatic carbocycles. The molecule has 0 unspecified atom stereocenters. The van der Waals surface area contributed by atoms with Crippen molar-refractivity contribution >= 4 is 141 Å². The van der Waals surface area contributed by atoms with Crippen LogP contribution in [0.2, 0.25) is 27.3 Å². The summed E-state index contributed by atoms with van der Waals surface area (Å²) in [6.07, 6.45) is 25.2. The van der Waals surface area contributed by atoms with Gasteiger partial charge in [-0.2, -0.15) is 0 Å². The third kappa shape index (κ3) is 10.4. The fourth-order valence-electron chi connectivity index (χ4n) is 13.1. The molecule has 88 heavy (non-hydrogen) atoms. The summed E-state index contributed by atoms with van der Waals surface area (Å²) < 4.78 is 32.6. The van der Waals surface area contributed by atoms with Gasteiger partial charge in [-0.15, -0.1) is 0 Å². The van der Waals surface area contributed by atoms with Crippen molar-refractivity contribution in [1.82, 2.24) is 0 Å². The molecule has 12 heterocycles. The quantitative estimate of drug-likeness (QED) is 0.127. The van der Waals surface area contributed by atoms with E-state index in [-0.39, 0.29) is 27.4 Å². The van der Waals surface area contributed by atoms with E-state index in [1.54, 1.807) is 0 Å². The summed E-state index contributed by atoms with van der Waals surface area (Å²) in [5, 5.41) is 4.81. The van der Waals surface area contributed by atoms with Gasteiger partial charge >= 0.3 is 27.4 Å². The van der Waals surface area contributed by atoms with E-state index in [2.05, 4.69) is 286 Å². The third-order valence-electron chi connectivity index (χ3n) is 17.9. The van der Waals surface area contributed by atoms with Gasteiger partial charge in [-0.25, -0.2) is 18.3 Å². The summed E-state index contributed by atoms with van der Waals surface area (Å²) in [6, 6.07) is 50.2. The zero-order chi connectivity index (χ0) is 61.1. The number of hydrogen-bond donors (Lipinski definition) is 0. The maximum Gasteiger partial charge on any atom is 0.413 e. The molecule has 0 spiro atoms. The van der Waals surface area contributed by atoms with Crippen LogP contribution in [0.5, 0.6) is 0 Å². The molecule has 0 saturated heterocycles. The van der Waals surface area contributed by atoms with Gasteiger partial charge < -0.3 is 17.7 Å². The molecule has 0 amide bonds. The first kappa shape index (κ1) is 57.2. The average Bonchev–Trinajstić information content (AvgIpc) is 2.63. The molecule has 0 bridgehead atoms. The third-order valence-corrected chi connectivity index (χ3v) is 17.9. The van der Waals surface area contributed by atoms with E-state index in [9.17, 15) is 0 Å². The van der Waals surface area contributed by atoms with Crippen LogP contribution in [0, 0.1) is 27.7 Å². The maximum absolute atomic E-state index is 6.00. The lowest BCUT2D eigenvalue weighted by Crippen LogP contribution is -2.50. The molecule has 0 N–H and O–H groups in total. The molecule has 432 valence electrons. The van der Waals surface area contributed by atoms with Crippen LogP contribution in [0.25, 0.3) is 68.2 Å². The summed E-state index contributed by atoms with van der Waals surface area (Å²) in [5.41, 5.74) is 14.0. The van der Waals surface area contributed by atoms with Crippen LogP contribution in [0.1, 0.15) is 45.3 Å². The number of para-hydroxylation sites is 4. The molecule has 0 saturated carbocycles. The van der Waals surface area contributed by atoms with Crippen LogP contribution >= 0.6 is 0 Å². The highest BCUT2D eigenvalue weighted by Gasteiger charge is 2.41. The van der Waals surface area contributed by atoms with Crippen molar-refractivity contribution < 1.29 is 35.9 Å². The van der Waals surface area contributed by atoms with Gasteiger partial charge in [0.1, 0.15) is 45.4 Å². The molecule has 0 atom stereocenters. The standard InChI is InChI=1S/C19H20BN2O.2C18H18BN2O.C17H16BN2O/c1-13-11-18(21(4)12-14(13)2)22-10-9-17-19(20(22)3)15-7-5-6-8-16(15)23-17;1-13-8-10-20(3)17(12-13)21-11-9-16-18(19(21)2)14-6-4-5-7-15(14)22-16;1-13-8-9-17(20(3)12-13)21-11-10-16-18(19(21)2)14-6-4-5-7-15(14)22-16;1-18-17-13-7-3-4-8-14(13)21-15(17)10-12-20(18)16-9-5-6-11-19(16)2/h5-12H,1-4H3;2*4-12H,1-3H3;3-12H,1-2H3/q4*+1. The summed E-state index contributed by atoms with van der Waals surface area (Å²) in [7, 11) is 8.34. The van der Waals surface area contributed by atoms with Crippen LogP contribution in [0.15, 0.2) is 213 Å². The zero-order valence-electron chi connectivity index (χ0n) is 52.3. The van der Waals surface area contributed by atoms with Crippen LogP contribution in [0.4, 0.5) is 23.3 Å². The van der Waals surface area contributed by atoms with E-state index >= 15 is 0 Å². The largest absolute Gasteiger partial charge is 0.457 e. The molecule has 4 aromatic carbocycles. The highest BCUT2D eigenvalue weighted by molar-refractivity contribution is 6.81. The van der Waals surface area contributed by atoms with Crippen molar-refractivity contribution in [2.45, 2.75) is 55.0 Å². The second-order valence-corrected chi connectivity index (χ2v) is 23.7. The van der Waals surface area contributed by atoms with Crippen molar-refractivity contribution in [3.05, 3.63) is 240 Å². The van der Waals surface area contributed by atoms with Gasteiger partial charge in [0.2, 0.25) is 0 Å². The van der Waals surface area contributed by atoms with Gasteiger partial charge in [0, 0.05) is 92.0 Å². The monoisotopic (exact) mass is 1160 g/mol. The number of benzene rings is 4. The Morgan fingerprint density at radius 1 is 0.318 bits per heavy atom. The van der Waals surface area contributed by atoms with Gasteiger partial charge in [-0.05, 0) is 120 Å². The van der Waals surface area contributed by atoms with Crippen molar-refractivity contribution in [2.24, 2.45) is 28.2 Å². The van der Waals surface area contributed by atoms with Gasteiger partial charge in [-0.3, -0.25) is 19.2 Å². The highest BCUT2D eigenvalue weighted by atomic mass is 16.3. The van der Waals surface area contributed by atoms with E-state index in [4.69, 9.17) is 17.7 Å². The summed E-state index contributed by atoms with van der Waals surface area (Å²) in [4.78, 5) is 9.20. The number of hydrogen-bond acceptors (Lipinski definition) is 8. The van der Waals surface area contributed by atoms with Crippen molar-refractivity contribution in [1.29, 1.82) is 0 Å². The van der Waals surface area contributed by atoms with E-state index in [1.165, 1.54) is 83.1 Å². The van der Waals surface area contributed by atoms with Gasteiger partial charge in [0.05, 0.1) is 77.8 Å². The number of furan rings is 4. The summed E-state index contributed by atoms with van der Waals surface area (Å²) >= 11 is 0. The molecular formula is C72H72B4N8O4+4. The lowest BCUT2D eigenvalue weighted by atomic mass is 9.54. The van der Waals surface area contributed by atoms with E-state index in [0.717, 1.165) is 51.2 Å². The zero-order valence-corrected chi connectivity index (χ0v) is 52.3. The Labute approximate surface area is 516 Å². The molecule has 8 aromatic heterocycles. The minimum Gasteiger partial charge on any atom is -0.457 e. The minimum absolute atomic E-state index is 0.229. The second-order valence-electron chi connectivity index (χ2n) is 23.7. The van der Waals surface area contributed by atoms with Crippen LogP contribution in [-0.4, -0.2) is 27.4 Å². The molecular weight excluding hydrogens is 1080 g/mol. The molecule has 12 aromatic rings. The fraction of sp³-hybridized carbons (Fsp3) is 0.167. The predicted octanol–water partition coefficient (Wildman–Crippen LogP) is 11.5. The Kier molecular flexibility index (Phi) is 15.2. The van der Waals surface area contributed by atoms with Gasteiger partial charge in [-0.1, -0.05) is 78.9 Å². The number of rotatable bonds is 4. The Hall–Kier alpha value is -9.94. The second kappa shape index (κ2) is 23.4. The molecule has 0 radical (unpaired) electrons. The SMILES string of the molecule is CB1c2c(oc3ccccc23)C=CN1c1cc(C)c(C)c[n+]1C.CB1c2c(oc3ccccc23)C=CN1c1cc(C)cc[n+]1C.CB1c2c(oc3ccccc23)C=CN1c1ccc(C)c[n+]1C.CB1c2c(oc3ccccc23)C=CN1c1cccc[n+]1C. The molecule has 12 nitrogen and oxygen atoms in total. The van der Waals surface area contributed by atoms with E-state index < -0.39 is 0 Å². The minimum atomic E-state index is 0.229. The lowest BCUT2D eigenvalue weighted by molar-refractivity contribution is -0.658. The summed E-state index contributed by atoms with van der Waals surface area (Å²) in [6.45, 7) is 18.4. The molecule has 4 aliphatic heterocycles. The smallest absolute Gasteiger partial charge is 0.413 e. The lowest BCUT2D eigenvalue weighted by Gasteiger charge is -2.22. The van der Waals surface area contributed by atoms with Crippen molar-refractivity contribution in [3.8, 4) is 0 Å². The molecule has 16 rings (SSSR count). The van der Waals surface area contributed by atoms with Crippen molar-refractivity contribution in [2.75, 3.05) is 19.2 Å². The van der Waals surface area contributed by atoms with Crippen molar-refractivity contribution in [3.63, 3.8) is 0 Å². The van der Waals surface area contributed by atoms with E-state index in [0.29, 0.717) is 0 Å². The van der Waals surface area contributed by atoms with Crippen LogP contribution < -0.4 is 59.4 Å². The Morgan fingerprint density at radius 3 is 1.08 bits per heavy atom. The topological polar surface area (TPSA) is 81.0 Å². The fourth-order valence-corrected chi connectivity index (χ4v) is 13.1. The summed E-state index contributed by atoms with van der Waals surface area (Å²) in [5.74, 6) is 8.59. The first-order valence-corrected chi connectivity index (χ1v) is 30.4. The van der Waals surface area contributed by atoms with Crippen LogP contribution in [0.3, 0.4) is 0 Å². The number of aryl methyl sites for hydroxylation is 8. The molecule has 4 aliphatic rings. The van der Waals surface area contributed by atoms with Gasteiger partial charge in [0.15, 0.2) is 0 Å². The van der Waals surface area contributed by atoms with E-state index in [1.807, 2.05) is 54.6 Å². The number of anilines is 4. The number of fused-ring (bicyclic) bond motifs is 12. The number of aromatic nitrogens is 4. The van der Waals surface area contributed by atoms with Crippen LogP contribution in [-0.2, 0) is 28.2 Å². The Morgan fingerprint density at radius 2 is 0.670 bits per heavy atom. The highest BCUT2D eigenvalue weighted by Crippen LogP contribution is 2.30. The number of nitrogens with zero attached hydrogens (tertiary/aromatic N) is 8. The number of pyridine rings is 4. The molecule has 0 fully saturated rings.